The smallest absolute Gasteiger partial charge is 0.0429 e. The van der Waals surface area contributed by atoms with Crippen LogP contribution in [0.15, 0.2) is 28.4 Å². The largest absolute Gasteiger partial charge is 0.262 e. The molecule has 1 nitrogen and oxygen atoms in total. The monoisotopic (exact) mass is 191 g/mol. The fraction of sp³-hybridized carbons (Fsp3) is 0.615. The van der Waals surface area contributed by atoms with E-state index in [9.17, 15) is 0 Å². The first-order valence-corrected chi connectivity index (χ1v) is 5.55. The van der Waals surface area contributed by atoms with Crippen molar-refractivity contribution in [2.24, 2.45) is 10.9 Å². The molecule has 0 amide bonds. The molecule has 1 rings (SSSR count). The van der Waals surface area contributed by atoms with Gasteiger partial charge in [-0.05, 0) is 44.6 Å². The molecule has 1 aliphatic heterocycles. The minimum atomic E-state index is 0.673. The van der Waals surface area contributed by atoms with Gasteiger partial charge in [0.05, 0.1) is 0 Å². The van der Waals surface area contributed by atoms with Gasteiger partial charge in [-0.25, -0.2) is 0 Å². The van der Waals surface area contributed by atoms with E-state index >= 15 is 0 Å². The van der Waals surface area contributed by atoms with E-state index in [0.29, 0.717) is 5.92 Å². The highest BCUT2D eigenvalue weighted by atomic mass is 14.8. The van der Waals surface area contributed by atoms with Crippen LogP contribution in [0.3, 0.4) is 0 Å². The first kappa shape index (κ1) is 11.2. The molecule has 0 saturated heterocycles. The Balaban J connectivity index is 3.00. The van der Waals surface area contributed by atoms with Crippen LogP contribution >= 0.6 is 0 Å². The van der Waals surface area contributed by atoms with Gasteiger partial charge in [-0.2, -0.15) is 0 Å². The number of hydrogen-bond acceptors (Lipinski definition) is 1. The lowest BCUT2D eigenvalue weighted by molar-refractivity contribution is 0.669. The lowest BCUT2D eigenvalue weighted by atomic mass is 10.0. The van der Waals surface area contributed by atoms with Gasteiger partial charge in [-0.3, -0.25) is 4.99 Å². The summed E-state index contributed by atoms with van der Waals surface area (Å²) >= 11 is 0. The number of nitrogens with zero attached hydrogens (tertiary/aromatic N) is 1. The van der Waals surface area contributed by atoms with Crippen LogP contribution in [0.25, 0.3) is 0 Å². The van der Waals surface area contributed by atoms with Crippen molar-refractivity contribution in [2.45, 2.75) is 47.0 Å². The molecule has 0 aromatic carbocycles. The van der Waals surface area contributed by atoms with Crippen LogP contribution in [0.1, 0.15) is 47.0 Å². The second-order valence-corrected chi connectivity index (χ2v) is 4.21. The van der Waals surface area contributed by atoms with E-state index < -0.39 is 0 Å². The van der Waals surface area contributed by atoms with Crippen molar-refractivity contribution >= 4 is 5.71 Å². The molecule has 0 spiro atoms. The first-order chi connectivity index (χ1) is 6.63. The third kappa shape index (κ3) is 3.13. The highest BCUT2D eigenvalue weighted by Crippen LogP contribution is 2.18. The van der Waals surface area contributed by atoms with Crippen LogP contribution in [-0.2, 0) is 0 Å². The van der Waals surface area contributed by atoms with Crippen molar-refractivity contribution in [2.75, 3.05) is 0 Å². The third-order valence-electron chi connectivity index (χ3n) is 2.75. The van der Waals surface area contributed by atoms with E-state index in [0.717, 1.165) is 12.8 Å². The van der Waals surface area contributed by atoms with Crippen LogP contribution < -0.4 is 0 Å². The summed E-state index contributed by atoms with van der Waals surface area (Å²) in [7, 11) is 0. The summed E-state index contributed by atoms with van der Waals surface area (Å²) in [6.07, 6.45) is 7.91. The molecule has 0 radical (unpaired) electrons. The van der Waals surface area contributed by atoms with Crippen molar-refractivity contribution in [1.82, 2.24) is 0 Å². The highest BCUT2D eigenvalue weighted by Gasteiger charge is 2.04. The molecule has 0 fully saturated rings. The molecule has 0 bridgehead atoms. The van der Waals surface area contributed by atoms with E-state index in [-0.39, 0.29) is 0 Å². The normalized spacial score (nSPS) is 31.4. The minimum absolute atomic E-state index is 0.673. The lowest BCUT2D eigenvalue weighted by Crippen LogP contribution is -1.96. The summed E-state index contributed by atoms with van der Waals surface area (Å²) in [6.45, 7) is 8.74. The van der Waals surface area contributed by atoms with Crippen LogP contribution in [0.5, 0.6) is 0 Å². The van der Waals surface area contributed by atoms with E-state index in [1.807, 2.05) is 0 Å². The molecule has 0 aromatic rings. The van der Waals surface area contributed by atoms with Gasteiger partial charge in [0.25, 0.3) is 0 Å². The Labute approximate surface area is 87.6 Å². The third-order valence-corrected chi connectivity index (χ3v) is 2.75. The van der Waals surface area contributed by atoms with Crippen molar-refractivity contribution in [3.05, 3.63) is 23.4 Å². The Morgan fingerprint density at radius 2 is 2.14 bits per heavy atom. The van der Waals surface area contributed by atoms with Gasteiger partial charge in [0, 0.05) is 11.4 Å². The van der Waals surface area contributed by atoms with E-state index in [2.05, 4.69) is 44.8 Å². The molecule has 1 heterocycles. The maximum absolute atomic E-state index is 4.67. The molecule has 1 atom stereocenters. The Hall–Kier alpha value is -0.850. The van der Waals surface area contributed by atoms with Gasteiger partial charge in [0.1, 0.15) is 0 Å². The Morgan fingerprint density at radius 1 is 1.43 bits per heavy atom. The molecule has 0 N–H and O–H groups in total. The SMILES string of the molecule is CC/C1=C(C)\C=C/C(C)CCC(C)=N1. The average Bonchev–Trinajstić information content (AvgIpc) is 2.23. The van der Waals surface area contributed by atoms with E-state index in [4.69, 9.17) is 0 Å². The zero-order valence-electron chi connectivity index (χ0n) is 9.80. The zero-order valence-corrected chi connectivity index (χ0v) is 9.80. The second kappa shape index (κ2) is 5.14. The van der Waals surface area contributed by atoms with Gasteiger partial charge in [0.2, 0.25) is 0 Å². The predicted molar refractivity (Wildman–Crippen MR) is 63.6 cm³/mol. The number of rotatable bonds is 1. The summed E-state index contributed by atoms with van der Waals surface area (Å²) in [5, 5.41) is 0. The fourth-order valence-corrected chi connectivity index (χ4v) is 1.67. The predicted octanol–water partition coefficient (Wildman–Crippen LogP) is 4.12. The fourth-order valence-electron chi connectivity index (χ4n) is 1.67. The van der Waals surface area contributed by atoms with Crippen LogP contribution in [0.2, 0.25) is 0 Å². The Kier molecular flexibility index (Phi) is 4.12. The van der Waals surface area contributed by atoms with Gasteiger partial charge < -0.3 is 0 Å². The quantitative estimate of drug-likeness (QED) is 0.591. The van der Waals surface area contributed by atoms with Gasteiger partial charge in [-0.1, -0.05) is 26.0 Å². The average molecular weight is 191 g/mol. The van der Waals surface area contributed by atoms with Crippen molar-refractivity contribution in [3.63, 3.8) is 0 Å². The molecule has 0 aromatic heterocycles. The van der Waals surface area contributed by atoms with Crippen molar-refractivity contribution in [1.29, 1.82) is 0 Å². The van der Waals surface area contributed by atoms with Crippen molar-refractivity contribution < 1.29 is 0 Å². The van der Waals surface area contributed by atoms with E-state index in [1.54, 1.807) is 0 Å². The van der Waals surface area contributed by atoms with Crippen LogP contribution in [-0.4, -0.2) is 5.71 Å². The molecule has 14 heavy (non-hydrogen) atoms. The summed E-state index contributed by atoms with van der Waals surface area (Å²) in [5.74, 6) is 0.673. The highest BCUT2D eigenvalue weighted by molar-refractivity contribution is 5.83. The number of hydrogen-bond donors (Lipinski definition) is 0. The Bertz CT molecular complexity index is 282. The molecule has 78 valence electrons. The zero-order chi connectivity index (χ0) is 10.6. The van der Waals surface area contributed by atoms with Gasteiger partial charge >= 0.3 is 0 Å². The topological polar surface area (TPSA) is 12.4 Å². The van der Waals surface area contributed by atoms with E-state index in [1.165, 1.54) is 23.4 Å². The first-order valence-electron chi connectivity index (χ1n) is 5.55. The molecule has 0 aliphatic carbocycles. The molecule has 1 aliphatic rings. The summed E-state index contributed by atoms with van der Waals surface area (Å²) in [5.41, 5.74) is 3.84. The molecular formula is C13H21N. The minimum Gasteiger partial charge on any atom is -0.262 e. The molecular weight excluding hydrogens is 170 g/mol. The Morgan fingerprint density at radius 3 is 2.79 bits per heavy atom. The number of aliphatic imine (C=N–C) groups is 1. The summed E-state index contributed by atoms with van der Waals surface area (Å²) in [4.78, 5) is 4.67. The maximum Gasteiger partial charge on any atom is 0.0429 e. The number of allylic oxidation sites excluding steroid dienone is 4. The molecule has 1 heteroatoms. The molecule has 0 saturated carbocycles. The van der Waals surface area contributed by atoms with Gasteiger partial charge in [0.15, 0.2) is 0 Å². The summed E-state index contributed by atoms with van der Waals surface area (Å²) < 4.78 is 0. The van der Waals surface area contributed by atoms with Gasteiger partial charge in [-0.15, -0.1) is 0 Å². The summed E-state index contributed by atoms with van der Waals surface area (Å²) in [6, 6.07) is 0. The maximum atomic E-state index is 4.67. The van der Waals surface area contributed by atoms with Crippen LogP contribution in [0.4, 0.5) is 0 Å². The standard InChI is InChI=1S/C13H21N/c1-5-13-11(3)8-6-10(2)7-9-12(4)14-13/h6,8,10H,5,7,9H2,1-4H3/b8-6-,13-11+,14-12?. The van der Waals surface area contributed by atoms with Crippen LogP contribution in [0, 0.1) is 5.92 Å². The lowest BCUT2D eigenvalue weighted by Gasteiger charge is -2.04. The van der Waals surface area contributed by atoms with Crippen molar-refractivity contribution in [3.8, 4) is 0 Å². The second-order valence-electron chi connectivity index (χ2n) is 4.21. The molecule has 1 unspecified atom stereocenters.